The Morgan fingerprint density at radius 2 is 2.11 bits per heavy atom. The van der Waals surface area contributed by atoms with Gasteiger partial charge in [-0.3, -0.25) is 9.88 Å². The third-order valence-corrected chi connectivity index (χ3v) is 5.74. The van der Waals surface area contributed by atoms with E-state index in [1.807, 2.05) is 12.3 Å². The van der Waals surface area contributed by atoms with Crippen molar-refractivity contribution in [3.05, 3.63) is 59.7 Å². The molecule has 27 heavy (non-hydrogen) atoms. The summed E-state index contributed by atoms with van der Waals surface area (Å²) in [4.78, 5) is 15.8. The highest BCUT2D eigenvalue weighted by molar-refractivity contribution is 5.74. The van der Waals surface area contributed by atoms with E-state index >= 15 is 0 Å². The zero-order chi connectivity index (χ0) is 18.6. The van der Waals surface area contributed by atoms with E-state index in [9.17, 15) is 0 Å². The maximum absolute atomic E-state index is 5.76. The van der Waals surface area contributed by atoms with Crippen molar-refractivity contribution in [3.63, 3.8) is 0 Å². The highest BCUT2D eigenvalue weighted by Crippen LogP contribution is 2.37. The number of nitrogens with zero attached hydrogens (tertiary/aromatic N) is 3. The van der Waals surface area contributed by atoms with E-state index in [0.717, 1.165) is 55.6 Å². The van der Waals surface area contributed by atoms with Crippen LogP contribution in [0, 0.1) is 0 Å². The summed E-state index contributed by atoms with van der Waals surface area (Å²) in [6, 6.07) is 13.1. The fourth-order valence-electron chi connectivity index (χ4n) is 4.29. The molecule has 0 fully saturated rings. The van der Waals surface area contributed by atoms with Gasteiger partial charge in [-0.05, 0) is 75.9 Å². The van der Waals surface area contributed by atoms with Crippen LogP contribution in [0.25, 0.3) is 11.0 Å². The van der Waals surface area contributed by atoms with Crippen molar-refractivity contribution in [1.82, 2.24) is 19.9 Å². The van der Waals surface area contributed by atoms with Crippen LogP contribution in [0.2, 0.25) is 0 Å². The highest BCUT2D eigenvalue weighted by atomic mass is 15.2. The Morgan fingerprint density at radius 1 is 1.22 bits per heavy atom. The highest BCUT2D eigenvalue weighted by Gasteiger charge is 2.31. The summed E-state index contributed by atoms with van der Waals surface area (Å²) in [5.74, 6) is 1.03. The molecule has 0 bridgehead atoms. The van der Waals surface area contributed by atoms with Gasteiger partial charge < -0.3 is 10.7 Å². The number of hydrogen-bond acceptors (Lipinski definition) is 4. The van der Waals surface area contributed by atoms with Crippen LogP contribution in [-0.2, 0) is 6.42 Å². The molecule has 1 aliphatic carbocycles. The molecular weight excluding hydrogens is 334 g/mol. The van der Waals surface area contributed by atoms with Crippen molar-refractivity contribution in [2.75, 3.05) is 13.1 Å². The Morgan fingerprint density at radius 3 is 2.96 bits per heavy atom. The van der Waals surface area contributed by atoms with Gasteiger partial charge >= 0.3 is 0 Å². The monoisotopic (exact) mass is 363 g/mol. The van der Waals surface area contributed by atoms with Gasteiger partial charge in [0, 0.05) is 6.20 Å². The molecule has 3 aromatic rings. The zero-order valence-electron chi connectivity index (χ0n) is 16.1. The van der Waals surface area contributed by atoms with E-state index in [1.54, 1.807) is 0 Å². The molecule has 1 unspecified atom stereocenters. The predicted octanol–water partition coefficient (Wildman–Crippen LogP) is 4.14. The van der Waals surface area contributed by atoms with Crippen molar-refractivity contribution in [3.8, 4) is 0 Å². The lowest BCUT2D eigenvalue weighted by Gasteiger charge is -2.38. The number of nitrogens with one attached hydrogen (secondary N) is 1. The maximum atomic E-state index is 5.76. The van der Waals surface area contributed by atoms with Gasteiger partial charge in [0.15, 0.2) is 0 Å². The quantitative estimate of drug-likeness (QED) is 0.619. The number of imidazole rings is 1. The molecule has 2 atom stereocenters. The number of benzene rings is 1. The molecule has 0 spiro atoms. The van der Waals surface area contributed by atoms with E-state index in [4.69, 9.17) is 15.7 Å². The van der Waals surface area contributed by atoms with Crippen LogP contribution in [0.1, 0.15) is 61.8 Å². The third kappa shape index (κ3) is 3.75. The number of unbranched alkanes of at least 4 members (excludes halogenated alkanes) is 1. The van der Waals surface area contributed by atoms with E-state index in [-0.39, 0.29) is 6.04 Å². The van der Waals surface area contributed by atoms with Gasteiger partial charge in [0.25, 0.3) is 0 Å². The number of aromatic amines is 1. The number of hydrogen-bond donors (Lipinski definition) is 2. The number of aromatic nitrogens is 3. The molecule has 5 nitrogen and oxygen atoms in total. The Hall–Kier alpha value is -2.24. The van der Waals surface area contributed by atoms with Crippen molar-refractivity contribution < 1.29 is 0 Å². The summed E-state index contributed by atoms with van der Waals surface area (Å²) in [6.07, 6.45) is 7.57. The first kappa shape index (κ1) is 18.1. The molecule has 0 aliphatic heterocycles. The molecule has 5 heteroatoms. The van der Waals surface area contributed by atoms with Crippen LogP contribution in [0.15, 0.2) is 42.6 Å². The average Bonchev–Trinajstić information content (AvgIpc) is 3.15. The first-order valence-electron chi connectivity index (χ1n) is 10.1. The Kier molecular flexibility index (Phi) is 5.50. The van der Waals surface area contributed by atoms with Crippen LogP contribution >= 0.6 is 0 Å². The molecule has 2 heterocycles. The minimum Gasteiger partial charge on any atom is -0.341 e. The second kappa shape index (κ2) is 8.19. The second-order valence-electron chi connectivity index (χ2n) is 7.50. The molecule has 1 aliphatic rings. The normalized spacial score (nSPS) is 18.0. The summed E-state index contributed by atoms with van der Waals surface area (Å²) in [5, 5.41) is 0. The number of rotatable bonds is 7. The molecule has 0 saturated carbocycles. The lowest BCUT2D eigenvalue weighted by atomic mass is 9.90. The molecule has 142 valence electrons. The van der Waals surface area contributed by atoms with Gasteiger partial charge in [0.1, 0.15) is 5.82 Å². The SMILES string of the molecule is C[C@@H](c1nc2ccccc2[nH]1)N(CCCCN)C1CCCc2cccnc21. The van der Waals surface area contributed by atoms with Crippen LogP contribution in [0.4, 0.5) is 0 Å². The van der Waals surface area contributed by atoms with Crippen molar-refractivity contribution >= 4 is 11.0 Å². The number of pyridine rings is 1. The molecule has 3 N–H and O–H groups in total. The molecule has 2 aromatic heterocycles. The zero-order valence-corrected chi connectivity index (χ0v) is 16.1. The van der Waals surface area contributed by atoms with Gasteiger partial charge in [-0.15, -0.1) is 0 Å². The van der Waals surface area contributed by atoms with E-state index in [1.165, 1.54) is 17.7 Å². The van der Waals surface area contributed by atoms with E-state index in [0.29, 0.717) is 6.04 Å². The first-order chi connectivity index (χ1) is 13.3. The number of nitrogens with two attached hydrogens (primary N) is 1. The van der Waals surface area contributed by atoms with Gasteiger partial charge in [0.05, 0.1) is 28.8 Å². The lowest BCUT2D eigenvalue weighted by molar-refractivity contribution is 0.118. The molecular formula is C22H29N5. The number of aryl methyl sites for hydroxylation is 1. The van der Waals surface area contributed by atoms with E-state index < -0.39 is 0 Å². The van der Waals surface area contributed by atoms with Crippen LogP contribution in [-0.4, -0.2) is 32.9 Å². The summed E-state index contributed by atoms with van der Waals surface area (Å²) in [7, 11) is 0. The van der Waals surface area contributed by atoms with Crippen molar-refractivity contribution in [2.24, 2.45) is 5.73 Å². The van der Waals surface area contributed by atoms with Crippen LogP contribution in [0.5, 0.6) is 0 Å². The smallest absolute Gasteiger partial charge is 0.124 e. The lowest BCUT2D eigenvalue weighted by Crippen LogP contribution is -2.35. The summed E-state index contributed by atoms with van der Waals surface area (Å²) >= 11 is 0. The van der Waals surface area contributed by atoms with E-state index in [2.05, 4.69) is 47.1 Å². The standard InChI is InChI=1S/C22H29N5/c1-16(22-25-18-10-2-3-11-19(18)26-22)27(15-5-4-13-23)20-12-6-8-17-9-7-14-24-21(17)20/h2-3,7,9-11,14,16,20H,4-6,8,12-13,15,23H2,1H3,(H,25,26)/t16-,20?/m0/s1. The number of H-pyrrole nitrogens is 1. The summed E-state index contributed by atoms with van der Waals surface area (Å²) < 4.78 is 0. The number of para-hydroxylation sites is 2. The van der Waals surface area contributed by atoms with Gasteiger partial charge in [-0.2, -0.15) is 0 Å². The van der Waals surface area contributed by atoms with Crippen LogP contribution < -0.4 is 5.73 Å². The topological polar surface area (TPSA) is 70.8 Å². The maximum Gasteiger partial charge on any atom is 0.124 e. The molecule has 0 saturated heterocycles. The fraction of sp³-hybridized carbons (Fsp3) is 0.455. The Balaban J connectivity index is 1.66. The summed E-state index contributed by atoms with van der Waals surface area (Å²) in [6.45, 7) is 4.01. The second-order valence-corrected chi connectivity index (χ2v) is 7.50. The fourth-order valence-corrected chi connectivity index (χ4v) is 4.29. The minimum atomic E-state index is 0.202. The Bertz CT molecular complexity index is 854. The van der Waals surface area contributed by atoms with Crippen molar-refractivity contribution in [1.29, 1.82) is 0 Å². The van der Waals surface area contributed by atoms with Gasteiger partial charge in [0.2, 0.25) is 0 Å². The minimum absolute atomic E-state index is 0.202. The predicted molar refractivity (Wildman–Crippen MR) is 109 cm³/mol. The molecule has 0 amide bonds. The summed E-state index contributed by atoms with van der Waals surface area (Å²) in [5.41, 5.74) is 10.5. The van der Waals surface area contributed by atoms with Gasteiger partial charge in [-0.1, -0.05) is 18.2 Å². The largest absolute Gasteiger partial charge is 0.341 e. The Labute approximate surface area is 161 Å². The van der Waals surface area contributed by atoms with Crippen LogP contribution in [0.3, 0.4) is 0 Å². The molecule has 4 rings (SSSR count). The third-order valence-electron chi connectivity index (χ3n) is 5.74. The van der Waals surface area contributed by atoms with Gasteiger partial charge in [-0.25, -0.2) is 4.98 Å². The number of fused-ring (bicyclic) bond motifs is 2. The van der Waals surface area contributed by atoms with Crippen molar-refractivity contribution in [2.45, 2.75) is 51.1 Å². The first-order valence-corrected chi connectivity index (χ1v) is 10.1. The molecule has 0 radical (unpaired) electrons. The molecule has 1 aromatic carbocycles. The average molecular weight is 364 g/mol.